The Labute approximate surface area is 138 Å². The molecule has 0 aromatic carbocycles. The average molecular weight is 339 g/mol. The molecule has 2 saturated heterocycles. The molecule has 2 fully saturated rings. The zero-order chi connectivity index (χ0) is 16.3. The molecular formula is C16H25N3O3S. The molecule has 3 rings (SSSR count). The van der Waals surface area contributed by atoms with E-state index in [1.807, 2.05) is 24.5 Å². The lowest BCUT2D eigenvalue weighted by atomic mass is 9.79. The molecule has 0 saturated carbocycles. The van der Waals surface area contributed by atoms with Gasteiger partial charge in [-0.05, 0) is 43.4 Å². The fourth-order valence-corrected chi connectivity index (χ4v) is 4.23. The Morgan fingerprint density at radius 3 is 2.83 bits per heavy atom. The second-order valence-electron chi connectivity index (χ2n) is 6.49. The lowest BCUT2D eigenvalue weighted by Crippen LogP contribution is -2.64. The second kappa shape index (κ2) is 6.84. The molecule has 1 aromatic heterocycles. The van der Waals surface area contributed by atoms with Crippen LogP contribution in [0, 0.1) is 5.92 Å². The largest absolute Gasteiger partial charge is 0.372 e. The van der Waals surface area contributed by atoms with E-state index in [0.29, 0.717) is 12.5 Å². The number of hydrogen-bond donors (Lipinski definition) is 1. The monoisotopic (exact) mass is 339 g/mol. The zero-order valence-corrected chi connectivity index (χ0v) is 14.4. The summed E-state index contributed by atoms with van der Waals surface area (Å²) in [6.45, 7) is 5.74. The fourth-order valence-electron chi connectivity index (χ4n) is 3.60. The van der Waals surface area contributed by atoms with Gasteiger partial charge in [0.15, 0.2) is 0 Å². The van der Waals surface area contributed by atoms with Crippen LogP contribution in [0.25, 0.3) is 0 Å². The lowest BCUT2D eigenvalue weighted by Gasteiger charge is -2.50. The zero-order valence-electron chi connectivity index (χ0n) is 13.6. The third-order valence-electron chi connectivity index (χ3n) is 4.93. The van der Waals surface area contributed by atoms with E-state index in [2.05, 4.69) is 14.6 Å². The van der Waals surface area contributed by atoms with E-state index in [-0.39, 0.29) is 11.4 Å². The third-order valence-corrected chi connectivity index (χ3v) is 6.34. The highest BCUT2D eigenvalue weighted by Crippen LogP contribution is 2.41. The van der Waals surface area contributed by atoms with Gasteiger partial charge in [0.25, 0.3) is 0 Å². The first-order valence-electron chi connectivity index (χ1n) is 8.25. The Hall–Kier alpha value is -1.02. The highest BCUT2D eigenvalue weighted by Gasteiger charge is 2.52. The number of likely N-dealkylation sites (tertiary alicyclic amines) is 1. The Morgan fingerprint density at radius 1 is 1.39 bits per heavy atom. The molecule has 23 heavy (non-hydrogen) atoms. The van der Waals surface area contributed by atoms with Crippen molar-refractivity contribution in [2.24, 2.45) is 5.92 Å². The molecule has 1 spiro atoms. The Balaban J connectivity index is 1.48. The number of hydrogen-bond acceptors (Lipinski definition) is 5. The van der Waals surface area contributed by atoms with E-state index < -0.39 is 10.0 Å². The molecule has 0 amide bonds. The molecule has 128 valence electrons. The summed E-state index contributed by atoms with van der Waals surface area (Å²) in [5.41, 5.74) is 1.20. The van der Waals surface area contributed by atoms with Gasteiger partial charge < -0.3 is 4.74 Å². The minimum atomic E-state index is -3.10. The fraction of sp³-hybridized carbons (Fsp3) is 0.688. The van der Waals surface area contributed by atoms with Crippen molar-refractivity contribution < 1.29 is 13.2 Å². The first-order chi connectivity index (χ1) is 11.0. The Morgan fingerprint density at radius 2 is 2.13 bits per heavy atom. The standard InChI is InChI=1S/C16H25N3O3S/c1-2-23(20,21)18-9-5-15-6-10-22-16(15)12-19(13-16)11-14-3-7-17-8-4-14/h3-4,7-8,15,18H,2,5-6,9-13H2,1H3. The van der Waals surface area contributed by atoms with Crippen LogP contribution in [0.2, 0.25) is 0 Å². The van der Waals surface area contributed by atoms with Gasteiger partial charge in [0.2, 0.25) is 10.0 Å². The summed E-state index contributed by atoms with van der Waals surface area (Å²) in [7, 11) is -3.10. The maximum Gasteiger partial charge on any atom is 0.211 e. The molecule has 1 unspecified atom stereocenters. The summed E-state index contributed by atoms with van der Waals surface area (Å²) >= 11 is 0. The maximum atomic E-state index is 11.5. The van der Waals surface area contributed by atoms with Crippen molar-refractivity contribution in [1.82, 2.24) is 14.6 Å². The van der Waals surface area contributed by atoms with Gasteiger partial charge in [-0.25, -0.2) is 13.1 Å². The van der Waals surface area contributed by atoms with E-state index >= 15 is 0 Å². The van der Waals surface area contributed by atoms with E-state index in [1.165, 1.54) is 5.56 Å². The van der Waals surface area contributed by atoms with Crippen molar-refractivity contribution in [3.8, 4) is 0 Å². The molecular weight excluding hydrogens is 314 g/mol. The predicted octanol–water partition coefficient (Wildman–Crippen LogP) is 1.00. The van der Waals surface area contributed by atoms with Gasteiger partial charge in [0.05, 0.1) is 11.4 Å². The van der Waals surface area contributed by atoms with Crippen LogP contribution < -0.4 is 4.72 Å². The highest BCUT2D eigenvalue weighted by atomic mass is 32.2. The summed E-state index contributed by atoms with van der Waals surface area (Å²) in [5, 5.41) is 0. The van der Waals surface area contributed by atoms with E-state index in [9.17, 15) is 8.42 Å². The smallest absolute Gasteiger partial charge is 0.211 e. The molecule has 1 aromatic rings. The predicted molar refractivity (Wildman–Crippen MR) is 88.4 cm³/mol. The van der Waals surface area contributed by atoms with Crippen LogP contribution in [0.4, 0.5) is 0 Å². The number of rotatable bonds is 7. The number of nitrogens with one attached hydrogen (secondary N) is 1. The highest BCUT2D eigenvalue weighted by molar-refractivity contribution is 7.89. The minimum Gasteiger partial charge on any atom is -0.372 e. The lowest BCUT2D eigenvalue weighted by molar-refractivity contribution is -0.136. The van der Waals surface area contributed by atoms with E-state index in [0.717, 1.165) is 39.1 Å². The number of aromatic nitrogens is 1. The molecule has 2 aliphatic heterocycles. The molecule has 0 radical (unpaired) electrons. The molecule has 2 aliphatic rings. The Bertz CT molecular complexity index is 615. The second-order valence-corrected chi connectivity index (χ2v) is 8.58. The summed E-state index contributed by atoms with van der Waals surface area (Å²) in [6.07, 6.45) is 5.51. The molecule has 0 bridgehead atoms. The van der Waals surface area contributed by atoms with Gasteiger partial charge in [-0.15, -0.1) is 0 Å². The molecule has 7 heteroatoms. The van der Waals surface area contributed by atoms with Gasteiger partial charge >= 0.3 is 0 Å². The molecule has 3 heterocycles. The van der Waals surface area contributed by atoms with Gasteiger partial charge in [-0.1, -0.05) is 0 Å². The SMILES string of the molecule is CCS(=O)(=O)NCCC1CCOC12CN(Cc1ccncc1)C2. The number of nitrogens with zero attached hydrogens (tertiary/aromatic N) is 2. The van der Waals surface area contributed by atoms with E-state index in [1.54, 1.807) is 6.92 Å². The van der Waals surface area contributed by atoms with Crippen molar-refractivity contribution in [1.29, 1.82) is 0 Å². The summed E-state index contributed by atoms with van der Waals surface area (Å²) in [5.74, 6) is 0.578. The van der Waals surface area contributed by atoms with Crippen LogP contribution in [0.1, 0.15) is 25.3 Å². The number of ether oxygens (including phenoxy) is 1. The maximum absolute atomic E-state index is 11.5. The number of pyridine rings is 1. The topological polar surface area (TPSA) is 71.5 Å². The Kier molecular flexibility index (Phi) is 5.01. The van der Waals surface area contributed by atoms with Crippen molar-refractivity contribution in [2.75, 3.05) is 32.0 Å². The van der Waals surface area contributed by atoms with Gasteiger partial charge in [0.1, 0.15) is 0 Å². The average Bonchev–Trinajstić information content (AvgIpc) is 2.92. The summed E-state index contributed by atoms with van der Waals surface area (Å²) < 4.78 is 31.7. The van der Waals surface area contributed by atoms with Crippen LogP contribution in [0.5, 0.6) is 0 Å². The quantitative estimate of drug-likeness (QED) is 0.802. The number of sulfonamides is 1. The van der Waals surface area contributed by atoms with Crippen molar-refractivity contribution >= 4 is 10.0 Å². The van der Waals surface area contributed by atoms with Crippen LogP contribution in [-0.2, 0) is 21.3 Å². The van der Waals surface area contributed by atoms with Crippen LogP contribution in [-0.4, -0.2) is 55.9 Å². The molecule has 6 nitrogen and oxygen atoms in total. The van der Waals surface area contributed by atoms with Crippen LogP contribution in [0.3, 0.4) is 0 Å². The summed E-state index contributed by atoms with van der Waals surface area (Å²) in [6, 6.07) is 4.08. The van der Waals surface area contributed by atoms with Gasteiger partial charge in [0, 0.05) is 45.2 Å². The van der Waals surface area contributed by atoms with Crippen molar-refractivity contribution in [3.05, 3.63) is 30.1 Å². The van der Waals surface area contributed by atoms with Crippen molar-refractivity contribution in [3.63, 3.8) is 0 Å². The van der Waals surface area contributed by atoms with E-state index in [4.69, 9.17) is 4.74 Å². The summed E-state index contributed by atoms with van der Waals surface area (Å²) in [4.78, 5) is 6.42. The molecule has 0 aliphatic carbocycles. The van der Waals surface area contributed by atoms with Crippen LogP contribution >= 0.6 is 0 Å². The normalized spacial score (nSPS) is 24.0. The third kappa shape index (κ3) is 3.91. The first kappa shape index (κ1) is 16.8. The minimum absolute atomic E-state index is 0.0648. The van der Waals surface area contributed by atoms with Gasteiger partial charge in [-0.3, -0.25) is 9.88 Å². The molecule has 1 atom stereocenters. The van der Waals surface area contributed by atoms with Gasteiger partial charge in [-0.2, -0.15) is 0 Å². The molecule has 1 N–H and O–H groups in total. The van der Waals surface area contributed by atoms with Crippen molar-refractivity contribution in [2.45, 2.75) is 31.9 Å². The first-order valence-corrected chi connectivity index (χ1v) is 9.91. The van der Waals surface area contributed by atoms with Crippen LogP contribution in [0.15, 0.2) is 24.5 Å².